The first-order valence-electron chi connectivity index (χ1n) is 8.40. The van der Waals surface area contributed by atoms with Crippen LogP contribution in [-0.4, -0.2) is 22.2 Å². The first-order chi connectivity index (χ1) is 11.3. The molecule has 26 heavy (non-hydrogen) atoms. The Bertz CT molecular complexity index is 711. The number of nitrogens with one attached hydrogen (secondary N) is 1. The molecule has 1 aromatic heterocycles. The van der Waals surface area contributed by atoms with Crippen LogP contribution in [0.2, 0.25) is 0 Å². The van der Waals surface area contributed by atoms with Crippen molar-refractivity contribution in [2.75, 3.05) is 6.54 Å². The van der Waals surface area contributed by atoms with Crippen LogP contribution in [0.3, 0.4) is 0 Å². The Morgan fingerprint density at radius 2 is 1.69 bits per heavy atom. The molecule has 1 atom stereocenters. The lowest BCUT2D eigenvalue weighted by atomic mass is 9.99. The Balaban J connectivity index is 0.00000312. The predicted molar refractivity (Wildman–Crippen MR) is 111 cm³/mol. The molecule has 2 aromatic rings. The van der Waals surface area contributed by atoms with Gasteiger partial charge in [0.05, 0.1) is 12.1 Å². The Morgan fingerprint density at radius 3 is 2.15 bits per heavy atom. The van der Waals surface area contributed by atoms with E-state index in [9.17, 15) is 4.79 Å². The third kappa shape index (κ3) is 6.01. The van der Waals surface area contributed by atoms with E-state index in [-0.39, 0.29) is 36.8 Å². The second kappa shape index (κ2) is 10.6. The van der Waals surface area contributed by atoms with Crippen molar-refractivity contribution in [1.29, 1.82) is 0 Å². The number of benzene rings is 1. The zero-order valence-corrected chi connectivity index (χ0v) is 17.7. The van der Waals surface area contributed by atoms with E-state index in [4.69, 9.17) is 5.73 Å². The van der Waals surface area contributed by atoms with Gasteiger partial charge in [-0.1, -0.05) is 38.1 Å². The lowest BCUT2D eigenvalue weighted by Crippen LogP contribution is -2.33. The molecule has 1 amide bonds. The Hall–Kier alpha value is -1.56. The summed E-state index contributed by atoms with van der Waals surface area (Å²) in [5.74, 6) is 0.476. The second-order valence-corrected chi connectivity index (χ2v) is 6.68. The maximum absolute atomic E-state index is 12.2. The summed E-state index contributed by atoms with van der Waals surface area (Å²) in [5, 5.41) is 7.27. The summed E-state index contributed by atoms with van der Waals surface area (Å²) in [5.41, 5.74) is 11.4. The monoisotopic (exact) mass is 400 g/mol. The van der Waals surface area contributed by atoms with E-state index in [2.05, 4.69) is 36.4 Å². The fourth-order valence-corrected chi connectivity index (χ4v) is 2.77. The van der Waals surface area contributed by atoms with Crippen molar-refractivity contribution in [2.24, 2.45) is 12.8 Å². The fraction of sp³-hybridized carbons (Fsp3) is 0.474. The zero-order chi connectivity index (χ0) is 17.9. The lowest BCUT2D eigenvalue weighted by molar-refractivity contribution is -0.120. The van der Waals surface area contributed by atoms with Crippen LogP contribution in [0.15, 0.2) is 24.3 Å². The number of halogens is 2. The third-order valence-electron chi connectivity index (χ3n) is 4.55. The molecule has 0 aliphatic heterocycles. The maximum atomic E-state index is 12.2. The van der Waals surface area contributed by atoms with Crippen LogP contribution in [0.1, 0.15) is 53.9 Å². The molecular weight excluding hydrogens is 371 g/mol. The minimum absolute atomic E-state index is 0. The molecule has 5 nitrogen and oxygen atoms in total. The molecule has 0 spiro atoms. The molecule has 1 heterocycles. The summed E-state index contributed by atoms with van der Waals surface area (Å²) >= 11 is 0. The highest BCUT2D eigenvalue weighted by atomic mass is 35.5. The molecule has 1 unspecified atom stereocenters. The number of carbonyl (C=O) groups excluding carboxylic acids is 1. The number of aryl methyl sites for hydroxylation is 2. The van der Waals surface area contributed by atoms with Gasteiger partial charge in [0.25, 0.3) is 0 Å². The van der Waals surface area contributed by atoms with Gasteiger partial charge in [0.15, 0.2) is 0 Å². The minimum atomic E-state index is -0.203. The largest absolute Gasteiger partial charge is 0.354 e. The van der Waals surface area contributed by atoms with Crippen molar-refractivity contribution in [3.63, 3.8) is 0 Å². The summed E-state index contributed by atoms with van der Waals surface area (Å²) in [6, 6.07) is 8.09. The quantitative estimate of drug-likeness (QED) is 0.780. The molecule has 0 fully saturated rings. The van der Waals surface area contributed by atoms with Gasteiger partial charge < -0.3 is 11.1 Å². The standard InChI is InChI=1S/C19H28N4O.2ClH/c1-12(2)15-6-8-16(9-7-15)18(20)11-21-19(24)10-17-13(3)22-23(5)14(17)4;;/h6-9,12,18H,10-11,20H2,1-5H3,(H,21,24);2*1H. The van der Waals surface area contributed by atoms with Gasteiger partial charge in [-0.3, -0.25) is 9.48 Å². The van der Waals surface area contributed by atoms with Gasteiger partial charge in [-0.05, 0) is 30.9 Å². The van der Waals surface area contributed by atoms with E-state index < -0.39 is 0 Å². The highest BCUT2D eigenvalue weighted by Gasteiger charge is 2.14. The van der Waals surface area contributed by atoms with Crippen LogP contribution in [0.5, 0.6) is 0 Å². The molecule has 0 radical (unpaired) electrons. The van der Waals surface area contributed by atoms with Crippen LogP contribution in [0, 0.1) is 13.8 Å². The summed E-state index contributed by atoms with van der Waals surface area (Å²) < 4.78 is 1.81. The summed E-state index contributed by atoms with van der Waals surface area (Å²) in [6.45, 7) is 8.66. The van der Waals surface area contributed by atoms with E-state index in [0.717, 1.165) is 22.5 Å². The van der Waals surface area contributed by atoms with Crippen LogP contribution in [0.25, 0.3) is 0 Å². The normalized spacial score (nSPS) is 11.5. The Kier molecular flexibility index (Phi) is 9.92. The number of hydrogen-bond donors (Lipinski definition) is 2. The summed E-state index contributed by atoms with van der Waals surface area (Å²) in [6.07, 6.45) is 0.338. The van der Waals surface area contributed by atoms with Gasteiger partial charge in [0, 0.05) is 30.9 Å². The highest BCUT2D eigenvalue weighted by Crippen LogP contribution is 2.17. The third-order valence-corrected chi connectivity index (χ3v) is 4.55. The van der Waals surface area contributed by atoms with Crippen molar-refractivity contribution in [3.8, 4) is 0 Å². The topological polar surface area (TPSA) is 72.9 Å². The van der Waals surface area contributed by atoms with Gasteiger partial charge in [-0.15, -0.1) is 24.8 Å². The smallest absolute Gasteiger partial charge is 0.224 e. The number of nitrogens with two attached hydrogens (primary N) is 1. The molecule has 2 rings (SSSR count). The van der Waals surface area contributed by atoms with Gasteiger partial charge in [0.1, 0.15) is 0 Å². The molecule has 0 aliphatic rings. The van der Waals surface area contributed by atoms with E-state index in [1.54, 1.807) is 4.68 Å². The number of carbonyl (C=O) groups is 1. The number of hydrogen-bond acceptors (Lipinski definition) is 3. The Morgan fingerprint density at radius 1 is 1.15 bits per heavy atom. The predicted octanol–water partition coefficient (Wildman–Crippen LogP) is 3.36. The van der Waals surface area contributed by atoms with Crippen LogP contribution >= 0.6 is 24.8 Å². The highest BCUT2D eigenvalue weighted by molar-refractivity contribution is 5.85. The second-order valence-electron chi connectivity index (χ2n) is 6.68. The number of aromatic nitrogens is 2. The fourth-order valence-electron chi connectivity index (χ4n) is 2.77. The first kappa shape index (κ1) is 24.4. The Labute approximate surface area is 168 Å². The van der Waals surface area contributed by atoms with E-state index in [1.807, 2.05) is 33.0 Å². The molecule has 1 aromatic carbocycles. The molecule has 0 saturated heterocycles. The van der Waals surface area contributed by atoms with Gasteiger partial charge in [-0.25, -0.2) is 0 Å². The number of amides is 1. The van der Waals surface area contributed by atoms with E-state index in [1.165, 1.54) is 5.56 Å². The molecule has 0 aliphatic carbocycles. The van der Waals surface area contributed by atoms with Crippen LogP contribution in [0.4, 0.5) is 0 Å². The van der Waals surface area contributed by atoms with Crippen molar-refractivity contribution >= 4 is 30.7 Å². The van der Waals surface area contributed by atoms with Crippen molar-refractivity contribution < 1.29 is 4.79 Å². The van der Waals surface area contributed by atoms with E-state index >= 15 is 0 Å². The maximum Gasteiger partial charge on any atom is 0.224 e. The van der Waals surface area contributed by atoms with Crippen LogP contribution < -0.4 is 11.1 Å². The molecule has 146 valence electrons. The number of rotatable bonds is 6. The average molecular weight is 401 g/mol. The first-order valence-corrected chi connectivity index (χ1v) is 8.40. The van der Waals surface area contributed by atoms with E-state index in [0.29, 0.717) is 18.9 Å². The van der Waals surface area contributed by atoms with Gasteiger partial charge >= 0.3 is 0 Å². The van der Waals surface area contributed by atoms with Crippen molar-refractivity contribution in [1.82, 2.24) is 15.1 Å². The van der Waals surface area contributed by atoms with Crippen molar-refractivity contribution in [2.45, 2.75) is 46.1 Å². The zero-order valence-electron chi connectivity index (χ0n) is 16.1. The lowest BCUT2D eigenvalue weighted by Gasteiger charge is -2.14. The SMILES string of the molecule is Cc1nn(C)c(C)c1CC(=O)NCC(N)c1ccc(C(C)C)cc1.Cl.Cl. The molecule has 3 N–H and O–H groups in total. The molecule has 0 bridgehead atoms. The number of nitrogens with zero attached hydrogens (tertiary/aromatic N) is 2. The van der Waals surface area contributed by atoms with Crippen molar-refractivity contribution in [3.05, 3.63) is 52.3 Å². The molecule has 0 saturated carbocycles. The molecule has 7 heteroatoms. The average Bonchev–Trinajstić information content (AvgIpc) is 2.79. The van der Waals surface area contributed by atoms with Gasteiger partial charge in [-0.2, -0.15) is 5.10 Å². The van der Waals surface area contributed by atoms with Crippen LogP contribution in [-0.2, 0) is 18.3 Å². The minimum Gasteiger partial charge on any atom is -0.354 e. The molecular formula is C19H30Cl2N4O. The van der Waals surface area contributed by atoms with Gasteiger partial charge in [0.2, 0.25) is 5.91 Å². The summed E-state index contributed by atoms with van der Waals surface area (Å²) in [4.78, 5) is 12.2. The summed E-state index contributed by atoms with van der Waals surface area (Å²) in [7, 11) is 1.89.